The molecule has 31 heavy (non-hydrogen) atoms. The zero-order valence-electron chi connectivity index (χ0n) is 16.0. The molecular weight excluding hydrogens is 437 g/mol. The highest BCUT2D eigenvalue weighted by atomic mass is 32.2. The summed E-state index contributed by atoms with van der Waals surface area (Å²) in [6, 6.07) is 7.70. The number of halogens is 3. The van der Waals surface area contributed by atoms with Gasteiger partial charge in [-0.2, -0.15) is 13.2 Å². The summed E-state index contributed by atoms with van der Waals surface area (Å²) in [6.07, 6.45) is -3.17. The predicted octanol–water partition coefficient (Wildman–Crippen LogP) is 2.82. The molecule has 1 heterocycles. The molecule has 2 aromatic carbocycles. The van der Waals surface area contributed by atoms with Gasteiger partial charge in [-0.25, -0.2) is 12.7 Å². The Labute approximate surface area is 175 Å². The number of benzene rings is 2. The summed E-state index contributed by atoms with van der Waals surface area (Å²) in [7, 11) is -3.96. The van der Waals surface area contributed by atoms with Gasteiger partial charge in [0.15, 0.2) is 0 Å². The fraction of sp³-hybridized carbons (Fsp3) is 0.300. The third-order valence-electron chi connectivity index (χ3n) is 4.93. The van der Waals surface area contributed by atoms with Gasteiger partial charge in [-0.05, 0) is 55.3 Å². The van der Waals surface area contributed by atoms with Crippen molar-refractivity contribution in [3.05, 3.63) is 59.2 Å². The van der Waals surface area contributed by atoms with Crippen LogP contribution in [0, 0.1) is 0 Å². The van der Waals surface area contributed by atoms with Gasteiger partial charge >= 0.3 is 6.18 Å². The number of fused-ring (bicyclic) bond motifs is 1. The number of ether oxygens (including phenoxy) is 1. The van der Waals surface area contributed by atoms with Gasteiger partial charge in [-0.1, -0.05) is 0 Å². The largest absolute Gasteiger partial charge is 0.492 e. The Morgan fingerprint density at radius 1 is 1.13 bits per heavy atom. The highest BCUT2D eigenvalue weighted by Crippen LogP contribution is 2.39. The SMILES string of the molecule is O=C(NCCOc1ccc(C(F)(F)F)cc1)c1ccc2c(c1)S(=O)(=O)N(C1CC1)C2=O. The normalized spacial score (nSPS) is 17.4. The van der Waals surface area contributed by atoms with E-state index in [2.05, 4.69) is 5.32 Å². The van der Waals surface area contributed by atoms with E-state index in [0.717, 1.165) is 16.4 Å². The third kappa shape index (κ3) is 4.09. The van der Waals surface area contributed by atoms with Crippen molar-refractivity contribution < 1.29 is 35.9 Å². The van der Waals surface area contributed by atoms with Crippen molar-refractivity contribution in [3.8, 4) is 5.75 Å². The van der Waals surface area contributed by atoms with E-state index in [9.17, 15) is 31.2 Å². The second-order valence-corrected chi connectivity index (χ2v) is 8.96. The molecule has 0 aromatic heterocycles. The fourth-order valence-corrected chi connectivity index (χ4v) is 5.08. The fourth-order valence-electron chi connectivity index (χ4n) is 3.23. The molecule has 2 aliphatic rings. The number of alkyl halides is 3. The maximum Gasteiger partial charge on any atom is 0.416 e. The van der Waals surface area contributed by atoms with E-state index in [1.54, 1.807) is 0 Å². The molecule has 0 saturated heterocycles. The lowest BCUT2D eigenvalue weighted by atomic mass is 10.1. The number of nitrogens with zero attached hydrogens (tertiary/aromatic N) is 1. The van der Waals surface area contributed by atoms with E-state index in [1.165, 1.54) is 30.3 Å². The molecule has 4 rings (SSSR count). The molecule has 1 saturated carbocycles. The highest BCUT2D eigenvalue weighted by molar-refractivity contribution is 7.90. The number of rotatable bonds is 6. The lowest BCUT2D eigenvalue weighted by Gasteiger charge is -2.13. The Bertz CT molecular complexity index is 1140. The van der Waals surface area contributed by atoms with Crippen LogP contribution >= 0.6 is 0 Å². The van der Waals surface area contributed by atoms with Crippen LogP contribution in [0.3, 0.4) is 0 Å². The third-order valence-corrected chi connectivity index (χ3v) is 6.80. The molecule has 7 nitrogen and oxygen atoms in total. The minimum Gasteiger partial charge on any atom is -0.492 e. The van der Waals surface area contributed by atoms with Gasteiger partial charge < -0.3 is 10.1 Å². The molecule has 164 valence electrons. The molecule has 0 spiro atoms. The van der Waals surface area contributed by atoms with Crippen molar-refractivity contribution >= 4 is 21.8 Å². The van der Waals surface area contributed by atoms with Crippen LogP contribution in [0.1, 0.15) is 39.1 Å². The minimum absolute atomic E-state index is 0.00567. The average molecular weight is 454 g/mol. The van der Waals surface area contributed by atoms with Gasteiger partial charge in [0, 0.05) is 11.6 Å². The topological polar surface area (TPSA) is 92.8 Å². The van der Waals surface area contributed by atoms with Crippen molar-refractivity contribution in [2.75, 3.05) is 13.2 Å². The smallest absolute Gasteiger partial charge is 0.416 e. The van der Waals surface area contributed by atoms with E-state index >= 15 is 0 Å². The summed E-state index contributed by atoms with van der Waals surface area (Å²) in [5.41, 5.74) is -0.671. The number of carbonyl (C=O) groups excluding carboxylic acids is 2. The lowest BCUT2D eigenvalue weighted by Crippen LogP contribution is -2.32. The highest BCUT2D eigenvalue weighted by Gasteiger charge is 2.48. The van der Waals surface area contributed by atoms with Crippen LogP contribution in [0.15, 0.2) is 47.4 Å². The van der Waals surface area contributed by atoms with E-state index < -0.39 is 33.6 Å². The second kappa shape index (κ2) is 7.56. The molecule has 1 fully saturated rings. The van der Waals surface area contributed by atoms with E-state index in [1.807, 2.05) is 0 Å². The van der Waals surface area contributed by atoms with Crippen LogP contribution < -0.4 is 10.1 Å². The molecule has 0 radical (unpaired) electrons. The van der Waals surface area contributed by atoms with E-state index in [0.29, 0.717) is 12.8 Å². The van der Waals surface area contributed by atoms with Crippen molar-refractivity contribution in [3.63, 3.8) is 0 Å². The molecule has 1 aliphatic heterocycles. The first-order chi connectivity index (χ1) is 14.6. The van der Waals surface area contributed by atoms with Crippen molar-refractivity contribution in [1.82, 2.24) is 9.62 Å². The molecule has 1 aliphatic carbocycles. The van der Waals surface area contributed by atoms with Crippen molar-refractivity contribution in [2.24, 2.45) is 0 Å². The van der Waals surface area contributed by atoms with Crippen LogP contribution in [-0.4, -0.2) is 43.7 Å². The van der Waals surface area contributed by atoms with Gasteiger partial charge in [0.2, 0.25) is 0 Å². The summed E-state index contributed by atoms with van der Waals surface area (Å²) in [4.78, 5) is 24.5. The average Bonchev–Trinajstić information content (AvgIpc) is 3.52. The van der Waals surface area contributed by atoms with Crippen LogP contribution in [0.4, 0.5) is 13.2 Å². The number of nitrogens with one attached hydrogen (secondary N) is 1. The molecule has 2 amide bonds. The Kier molecular flexibility index (Phi) is 5.16. The van der Waals surface area contributed by atoms with Crippen LogP contribution in [-0.2, 0) is 16.2 Å². The summed E-state index contributed by atoms with van der Waals surface area (Å²) in [5, 5.41) is 2.54. The number of amides is 2. The standard InChI is InChI=1S/C20H17F3N2O5S/c21-20(22,23)13-2-6-15(7-3-13)30-10-9-24-18(26)12-1-8-16-17(11-12)31(28,29)25(19(16)27)14-4-5-14/h1-3,6-8,11,14H,4-5,9-10H2,(H,24,26). The van der Waals surface area contributed by atoms with Gasteiger partial charge in [-0.15, -0.1) is 0 Å². The Balaban J connectivity index is 1.35. The molecule has 0 bridgehead atoms. The van der Waals surface area contributed by atoms with Crippen molar-refractivity contribution in [2.45, 2.75) is 30.0 Å². The van der Waals surface area contributed by atoms with E-state index in [4.69, 9.17) is 4.74 Å². The number of hydrogen-bond acceptors (Lipinski definition) is 5. The zero-order chi connectivity index (χ0) is 22.4. The second-order valence-electron chi connectivity index (χ2n) is 7.17. The summed E-state index contributed by atoms with van der Waals surface area (Å²) in [5.74, 6) is -0.926. The van der Waals surface area contributed by atoms with Crippen molar-refractivity contribution in [1.29, 1.82) is 0 Å². The molecule has 1 N–H and O–H groups in total. The van der Waals surface area contributed by atoms with Gasteiger partial charge in [0.05, 0.1) is 17.7 Å². The molecule has 0 unspecified atom stereocenters. The van der Waals surface area contributed by atoms with Gasteiger partial charge in [0.25, 0.3) is 21.8 Å². The van der Waals surface area contributed by atoms with Gasteiger partial charge in [-0.3, -0.25) is 9.59 Å². The van der Waals surface area contributed by atoms with E-state index in [-0.39, 0.29) is 41.0 Å². The van der Waals surface area contributed by atoms with Gasteiger partial charge in [0.1, 0.15) is 17.3 Å². The van der Waals surface area contributed by atoms with Crippen LogP contribution in [0.25, 0.3) is 0 Å². The maximum absolute atomic E-state index is 12.6. The Hall–Kier alpha value is -3.08. The number of carbonyl (C=O) groups is 2. The molecular formula is C20H17F3N2O5S. The first-order valence-corrected chi connectivity index (χ1v) is 10.8. The maximum atomic E-state index is 12.6. The molecule has 0 atom stereocenters. The first kappa shape index (κ1) is 21.2. The quantitative estimate of drug-likeness (QED) is 0.678. The Morgan fingerprint density at radius 2 is 1.81 bits per heavy atom. The molecule has 2 aromatic rings. The lowest BCUT2D eigenvalue weighted by molar-refractivity contribution is -0.137. The van der Waals surface area contributed by atoms with Crippen LogP contribution in [0.5, 0.6) is 5.75 Å². The number of hydrogen-bond donors (Lipinski definition) is 1. The summed E-state index contributed by atoms with van der Waals surface area (Å²) in [6.45, 7) is 0.0328. The monoisotopic (exact) mass is 454 g/mol. The zero-order valence-corrected chi connectivity index (χ0v) is 16.8. The van der Waals surface area contributed by atoms with Crippen LogP contribution in [0.2, 0.25) is 0 Å². The predicted molar refractivity (Wildman–Crippen MR) is 102 cm³/mol. The first-order valence-electron chi connectivity index (χ1n) is 9.40. The molecule has 11 heteroatoms. The summed E-state index contributed by atoms with van der Waals surface area (Å²) < 4.78 is 69.1. The summed E-state index contributed by atoms with van der Waals surface area (Å²) >= 11 is 0. The number of sulfonamides is 1. The minimum atomic E-state index is -4.43. The Morgan fingerprint density at radius 3 is 2.42 bits per heavy atom.